The molecule has 2 N–H and O–H groups in total. The molecule has 7 nitrogen and oxygen atoms in total. The van der Waals surface area contributed by atoms with Gasteiger partial charge in [-0.3, -0.25) is 4.90 Å². The Morgan fingerprint density at radius 3 is 3.04 bits per heavy atom. The molecule has 1 saturated heterocycles. The zero-order valence-electron chi connectivity index (χ0n) is 14.7. The minimum atomic E-state index is -0.174. The molecule has 7 heteroatoms. The summed E-state index contributed by atoms with van der Waals surface area (Å²) < 4.78 is 6.89. The van der Waals surface area contributed by atoms with Crippen molar-refractivity contribution < 1.29 is 9.53 Å². The maximum absolute atomic E-state index is 12.3. The molecule has 2 amide bonds. The fourth-order valence-corrected chi connectivity index (χ4v) is 3.01. The van der Waals surface area contributed by atoms with Crippen molar-refractivity contribution in [3.05, 3.63) is 42.2 Å². The zero-order valence-corrected chi connectivity index (χ0v) is 14.7. The second kappa shape index (κ2) is 8.13. The summed E-state index contributed by atoms with van der Waals surface area (Å²) in [5, 5.41) is 10.3. The van der Waals surface area contributed by atoms with Crippen LogP contribution in [0.3, 0.4) is 0 Å². The lowest BCUT2D eigenvalue weighted by atomic mass is 10.2. The Hall–Kier alpha value is -2.38. The lowest BCUT2D eigenvalue weighted by Gasteiger charge is -2.16. The zero-order chi connectivity index (χ0) is 17.6. The second-order valence-electron chi connectivity index (χ2n) is 6.33. The first-order chi connectivity index (χ1) is 12.1. The molecule has 1 aliphatic heterocycles. The smallest absolute Gasteiger partial charge is 0.319 e. The van der Waals surface area contributed by atoms with Gasteiger partial charge in [-0.05, 0) is 37.6 Å². The molecule has 3 rings (SSSR count). The summed E-state index contributed by atoms with van der Waals surface area (Å²) in [5.74, 6) is 0. The van der Waals surface area contributed by atoms with Crippen LogP contribution < -0.4 is 10.6 Å². The number of urea groups is 1. The molecule has 2 aromatic rings. The van der Waals surface area contributed by atoms with Crippen molar-refractivity contribution in [3.63, 3.8) is 0 Å². The standard InChI is InChI=1S/C18H25N5O2/c1-14-6-9-23(21-14)17-5-3-4-15(12-17)19-18(24)20-16-7-8-22(13-16)10-11-25-2/h3-6,9,12,16H,7-8,10-11,13H2,1-2H3,(H2,19,20,24). The number of methoxy groups -OCH3 is 1. The van der Waals surface area contributed by atoms with Crippen LogP contribution in [0.1, 0.15) is 12.1 Å². The summed E-state index contributed by atoms with van der Waals surface area (Å²) in [6.07, 6.45) is 2.87. The van der Waals surface area contributed by atoms with E-state index in [1.165, 1.54) is 0 Å². The number of likely N-dealkylation sites (tertiary alicyclic amines) is 1. The molecule has 134 valence electrons. The number of carbonyl (C=O) groups is 1. The fourth-order valence-electron chi connectivity index (χ4n) is 3.01. The van der Waals surface area contributed by atoms with Crippen LogP contribution in [-0.4, -0.2) is 60.1 Å². The van der Waals surface area contributed by atoms with Gasteiger partial charge in [-0.15, -0.1) is 0 Å². The van der Waals surface area contributed by atoms with Crippen molar-refractivity contribution in [1.82, 2.24) is 20.0 Å². The highest BCUT2D eigenvalue weighted by Gasteiger charge is 2.23. The van der Waals surface area contributed by atoms with Gasteiger partial charge in [0.1, 0.15) is 0 Å². The Morgan fingerprint density at radius 1 is 1.40 bits per heavy atom. The third-order valence-corrected chi connectivity index (χ3v) is 4.31. The first kappa shape index (κ1) is 17.4. The van der Waals surface area contributed by atoms with Gasteiger partial charge in [0.2, 0.25) is 0 Å². The number of anilines is 1. The van der Waals surface area contributed by atoms with Crippen LogP contribution in [0.4, 0.5) is 10.5 Å². The number of nitrogens with one attached hydrogen (secondary N) is 2. The van der Waals surface area contributed by atoms with Crippen molar-refractivity contribution in [3.8, 4) is 5.69 Å². The van der Waals surface area contributed by atoms with E-state index >= 15 is 0 Å². The Labute approximate surface area is 148 Å². The lowest BCUT2D eigenvalue weighted by molar-refractivity contribution is 0.160. The first-order valence-electron chi connectivity index (χ1n) is 8.55. The van der Waals surface area contributed by atoms with E-state index in [0.29, 0.717) is 0 Å². The van der Waals surface area contributed by atoms with Crippen molar-refractivity contribution >= 4 is 11.7 Å². The number of ether oxygens (including phenoxy) is 1. The van der Waals surface area contributed by atoms with E-state index in [9.17, 15) is 4.79 Å². The molecule has 2 heterocycles. The van der Waals surface area contributed by atoms with Gasteiger partial charge in [0, 0.05) is 44.7 Å². The number of aromatic nitrogens is 2. The summed E-state index contributed by atoms with van der Waals surface area (Å²) in [6, 6.07) is 9.60. The Morgan fingerprint density at radius 2 is 2.28 bits per heavy atom. The average molecular weight is 343 g/mol. The van der Waals surface area contributed by atoms with Crippen molar-refractivity contribution in [2.45, 2.75) is 19.4 Å². The minimum absolute atomic E-state index is 0.174. The van der Waals surface area contributed by atoms with Gasteiger partial charge >= 0.3 is 6.03 Å². The SMILES string of the molecule is COCCN1CCC(NC(=O)Nc2cccc(-n3ccc(C)n3)c2)C1. The van der Waals surface area contributed by atoms with Crippen molar-refractivity contribution in [2.24, 2.45) is 0 Å². The topological polar surface area (TPSA) is 71.4 Å². The molecule has 1 unspecified atom stereocenters. The van der Waals surface area contributed by atoms with Crippen LogP contribution in [0.2, 0.25) is 0 Å². The Balaban J connectivity index is 1.53. The van der Waals surface area contributed by atoms with Crippen LogP contribution in [0.15, 0.2) is 36.5 Å². The third kappa shape index (κ3) is 4.80. The van der Waals surface area contributed by atoms with Crippen LogP contribution in [-0.2, 0) is 4.74 Å². The van der Waals surface area contributed by atoms with Crippen LogP contribution in [0.25, 0.3) is 5.69 Å². The second-order valence-corrected chi connectivity index (χ2v) is 6.33. The monoisotopic (exact) mass is 343 g/mol. The van der Waals surface area contributed by atoms with Gasteiger partial charge < -0.3 is 15.4 Å². The van der Waals surface area contributed by atoms with E-state index in [4.69, 9.17) is 4.74 Å². The summed E-state index contributed by atoms with van der Waals surface area (Å²) in [7, 11) is 1.71. The molecule has 25 heavy (non-hydrogen) atoms. The van der Waals surface area contributed by atoms with Gasteiger partial charge in [0.05, 0.1) is 18.0 Å². The molecule has 1 fully saturated rings. The highest BCUT2D eigenvalue weighted by Crippen LogP contribution is 2.15. The van der Waals surface area contributed by atoms with E-state index in [1.807, 2.05) is 43.5 Å². The van der Waals surface area contributed by atoms with Gasteiger partial charge in [-0.1, -0.05) is 6.07 Å². The molecular formula is C18H25N5O2. The molecular weight excluding hydrogens is 318 g/mol. The van der Waals surface area contributed by atoms with Gasteiger partial charge in [-0.2, -0.15) is 5.10 Å². The molecule has 1 aromatic carbocycles. The number of nitrogens with zero attached hydrogens (tertiary/aromatic N) is 3. The molecule has 1 aromatic heterocycles. The Bertz CT molecular complexity index is 715. The largest absolute Gasteiger partial charge is 0.383 e. The number of amides is 2. The number of aryl methyl sites for hydroxylation is 1. The molecule has 0 bridgehead atoms. The minimum Gasteiger partial charge on any atom is -0.383 e. The first-order valence-corrected chi connectivity index (χ1v) is 8.55. The van der Waals surface area contributed by atoms with E-state index in [0.717, 1.165) is 49.7 Å². The molecule has 0 spiro atoms. The average Bonchev–Trinajstić information content (AvgIpc) is 3.22. The van der Waals surface area contributed by atoms with E-state index in [1.54, 1.807) is 11.8 Å². The maximum atomic E-state index is 12.3. The van der Waals surface area contributed by atoms with Crippen molar-refractivity contribution in [1.29, 1.82) is 0 Å². The van der Waals surface area contributed by atoms with Crippen molar-refractivity contribution in [2.75, 3.05) is 38.7 Å². The maximum Gasteiger partial charge on any atom is 0.319 e. The third-order valence-electron chi connectivity index (χ3n) is 4.31. The van der Waals surface area contributed by atoms with Gasteiger partial charge in [0.15, 0.2) is 0 Å². The number of benzene rings is 1. The summed E-state index contributed by atoms with van der Waals surface area (Å²) in [5.41, 5.74) is 2.62. The van der Waals surface area contributed by atoms with E-state index in [2.05, 4.69) is 20.6 Å². The molecule has 0 radical (unpaired) electrons. The Kier molecular flexibility index (Phi) is 5.67. The molecule has 1 atom stereocenters. The highest BCUT2D eigenvalue weighted by molar-refractivity contribution is 5.89. The quantitative estimate of drug-likeness (QED) is 0.842. The number of hydrogen-bond donors (Lipinski definition) is 2. The summed E-state index contributed by atoms with van der Waals surface area (Å²) in [6.45, 7) is 5.43. The molecule has 0 aliphatic carbocycles. The molecule has 1 aliphatic rings. The number of carbonyl (C=O) groups excluding carboxylic acids is 1. The fraction of sp³-hybridized carbons (Fsp3) is 0.444. The van der Waals surface area contributed by atoms with Gasteiger partial charge in [0.25, 0.3) is 0 Å². The molecule has 0 saturated carbocycles. The van der Waals surface area contributed by atoms with E-state index < -0.39 is 0 Å². The highest BCUT2D eigenvalue weighted by atomic mass is 16.5. The summed E-state index contributed by atoms with van der Waals surface area (Å²) >= 11 is 0. The van der Waals surface area contributed by atoms with Gasteiger partial charge in [-0.25, -0.2) is 9.48 Å². The van der Waals surface area contributed by atoms with Crippen LogP contribution in [0.5, 0.6) is 0 Å². The van der Waals surface area contributed by atoms with E-state index in [-0.39, 0.29) is 12.1 Å². The van der Waals surface area contributed by atoms with Crippen LogP contribution >= 0.6 is 0 Å². The normalized spacial score (nSPS) is 17.6. The number of hydrogen-bond acceptors (Lipinski definition) is 4. The lowest BCUT2D eigenvalue weighted by Crippen LogP contribution is -2.40. The number of rotatable bonds is 6. The predicted molar refractivity (Wildman–Crippen MR) is 97.2 cm³/mol. The van der Waals surface area contributed by atoms with Crippen LogP contribution in [0, 0.1) is 6.92 Å². The summed E-state index contributed by atoms with van der Waals surface area (Å²) in [4.78, 5) is 14.6. The predicted octanol–water partition coefficient (Wildman–Crippen LogP) is 2.02.